The second-order valence-electron chi connectivity index (χ2n) is 6.89. The Labute approximate surface area is 146 Å². The summed E-state index contributed by atoms with van der Waals surface area (Å²) in [5, 5.41) is 0. The largest absolute Gasteiger partial charge is 0.285 e. The van der Waals surface area contributed by atoms with Crippen molar-refractivity contribution in [3.63, 3.8) is 0 Å². The van der Waals surface area contributed by atoms with Gasteiger partial charge in [0.2, 0.25) is 0 Å². The van der Waals surface area contributed by atoms with E-state index in [1.807, 2.05) is 0 Å². The zero-order valence-corrected chi connectivity index (χ0v) is 14.6. The predicted octanol–water partition coefficient (Wildman–Crippen LogP) is 5.44. The van der Waals surface area contributed by atoms with E-state index in [1.54, 1.807) is 0 Å². The van der Waals surface area contributed by atoms with Gasteiger partial charge in [-0.2, -0.15) is 0 Å². The first-order chi connectivity index (χ1) is 11.8. The zero-order chi connectivity index (χ0) is 16.6. The van der Waals surface area contributed by atoms with E-state index in [0.29, 0.717) is 0 Å². The smallest absolute Gasteiger partial charge is 0.0971 e. The van der Waals surface area contributed by atoms with E-state index in [-0.39, 0.29) is 6.04 Å². The normalized spacial score (nSPS) is 15.9. The van der Waals surface area contributed by atoms with Gasteiger partial charge in [-0.3, -0.25) is 4.90 Å². The molecule has 1 saturated carbocycles. The van der Waals surface area contributed by atoms with Crippen LogP contribution in [0.5, 0.6) is 0 Å². The van der Waals surface area contributed by atoms with E-state index < -0.39 is 0 Å². The number of hydrogen-bond acceptors (Lipinski definition) is 1. The van der Waals surface area contributed by atoms with Gasteiger partial charge in [-0.15, -0.1) is 5.92 Å². The van der Waals surface area contributed by atoms with E-state index in [1.165, 1.54) is 36.8 Å². The molecule has 1 atom stereocenters. The Balaban J connectivity index is 1.73. The minimum Gasteiger partial charge on any atom is -0.285 e. The topological polar surface area (TPSA) is 3.24 Å². The maximum absolute atomic E-state index is 3.56. The second kappa shape index (κ2) is 8.71. The molecule has 0 heterocycles. The lowest BCUT2D eigenvalue weighted by molar-refractivity contribution is 0.285. The van der Waals surface area contributed by atoms with Crippen LogP contribution in [0.3, 0.4) is 0 Å². The minimum atomic E-state index is 0.160. The summed E-state index contributed by atoms with van der Waals surface area (Å²) in [6.45, 7) is 0.915. The molecule has 2 aromatic carbocycles. The average molecular weight is 317 g/mol. The third-order valence-electron chi connectivity index (χ3n) is 4.94. The van der Waals surface area contributed by atoms with Crippen LogP contribution in [-0.4, -0.2) is 11.9 Å². The van der Waals surface area contributed by atoms with Crippen molar-refractivity contribution < 1.29 is 0 Å². The molecule has 1 heteroatoms. The molecule has 24 heavy (non-hydrogen) atoms. The van der Waals surface area contributed by atoms with E-state index in [0.717, 1.165) is 18.9 Å². The lowest BCUT2D eigenvalue weighted by Gasteiger charge is -2.24. The molecule has 0 aromatic heterocycles. The minimum absolute atomic E-state index is 0.160. The summed E-state index contributed by atoms with van der Waals surface area (Å²) in [6.07, 6.45) is 6.57. The van der Waals surface area contributed by atoms with Gasteiger partial charge in [0.25, 0.3) is 0 Å². The maximum atomic E-state index is 3.56. The van der Waals surface area contributed by atoms with Crippen molar-refractivity contribution in [1.82, 2.24) is 4.90 Å². The van der Waals surface area contributed by atoms with E-state index in [4.69, 9.17) is 0 Å². The van der Waals surface area contributed by atoms with Crippen molar-refractivity contribution in [3.05, 3.63) is 71.8 Å². The fourth-order valence-corrected chi connectivity index (χ4v) is 3.56. The number of hydrogen-bond donors (Lipinski definition) is 0. The zero-order valence-electron chi connectivity index (χ0n) is 14.6. The summed E-state index contributed by atoms with van der Waals surface area (Å²) in [7, 11) is 2.18. The third kappa shape index (κ3) is 4.73. The second-order valence-corrected chi connectivity index (χ2v) is 6.89. The van der Waals surface area contributed by atoms with E-state index in [9.17, 15) is 0 Å². The highest BCUT2D eigenvalue weighted by Crippen LogP contribution is 2.27. The molecule has 0 spiro atoms. The van der Waals surface area contributed by atoms with Gasteiger partial charge in [-0.25, -0.2) is 0 Å². The predicted molar refractivity (Wildman–Crippen MR) is 101 cm³/mol. The van der Waals surface area contributed by atoms with Crippen molar-refractivity contribution in [2.75, 3.05) is 7.05 Å². The van der Waals surface area contributed by atoms with E-state index >= 15 is 0 Å². The molecule has 0 amide bonds. The van der Waals surface area contributed by atoms with Crippen LogP contribution in [0.2, 0.25) is 0 Å². The highest BCUT2D eigenvalue weighted by molar-refractivity contribution is 5.28. The summed E-state index contributed by atoms with van der Waals surface area (Å²) in [5.74, 6) is 7.89. The van der Waals surface area contributed by atoms with Crippen molar-refractivity contribution in [2.45, 2.75) is 44.7 Å². The Morgan fingerprint density at radius 2 is 1.58 bits per heavy atom. The van der Waals surface area contributed by atoms with Gasteiger partial charge >= 0.3 is 0 Å². The molecule has 0 bridgehead atoms. The highest BCUT2D eigenvalue weighted by Gasteiger charge is 2.16. The van der Waals surface area contributed by atoms with Crippen molar-refractivity contribution >= 4 is 0 Å². The fourth-order valence-electron chi connectivity index (χ4n) is 3.56. The molecule has 3 rings (SSSR count). The Morgan fingerprint density at radius 1 is 0.958 bits per heavy atom. The summed E-state index contributed by atoms with van der Waals surface area (Å²) < 4.78 is 0. The first-order valence-electron chi connectivity index (χ1n) is 9.10. The fraction of sp³-hybridized carbons (Fsp3) is 0.391. The summed E-state index contributed by atoms with van der Waals surface area (Å²) >= 11 is 0. The van der Waals surface area contributed by atoms with Gasteiger partial charge in [0.1, 0.15) is 0 Å². The molecule has 0 aliphatic heterocycles. The third-order valence-corrected chi connectivity index (χ3v) is 4.94. The first kappa shape index (κ1) is 16.8. The lowest BCUT2D eigenvalue weighted by atomic mass is 10.0. The molecular formula is C23H27N. The molecule has 1 nitrogen and oxygen atoms in total. The van der Waals surface area contributed by atoms with E-state index in [2.05, 4.69) is 84.5 Å². The van der Waals surface area contributed by atoms with Crippen LogP contribution < -0.4 is 0 Å². The van der Waals surface area contributed by atoms with Gasteiger partial charge in [0.15, 0.2) is 0 Å². The van der Waals surface area contributed by atoms with Crippen molar-refractivity contribution in [2.24, 2.45) is 5.92 Å². The molecule has 1 aliphatic carbocycles. The molecular weight excluding hydrogens is 290 g/mol. The van der Waals surface area contributed by atoms with Gasteiger partial charge in [0.05, 0.1) is 6.04 Å². The van der Waals surface area contributed by atoms with Crippen molar-refractivity contribution in [3.8, 4) is 11.8 Å². The average Bonchev–Trinajstić information content (AvgIpc) is 3.14. The Hall–Kier alpha value is -2.04. The molecule has 0 N–H and O–H groups in total. The standard InChI is InChI=1S/C23H27N/c1-24(19-21-13-4-2-5-14-21)23(22-16-6-3-7-17-22)18-10-15-20-11-8-9-12-20/h2-7,13-14,16-17,20,23H,8-9,11-12,15,19H2,1H3. The quantitative estimate of drug-likeness (QED) is 0.663. The molecule has 0 radical (unpaired) electrons. The van der Waals surface area contributed by atoms with Crippen LogP contribution in [0.15, 0.2) is 60.7 Å². The van der Waals surface area contributed by atoms with Crippen LogP contribution in [0, 0.1) is 17.8 Å². The van der Waals surface area contributed by atoms with Gasteiger partial charge in [-0.1, -0.05) is 79.4 Å². The summed E-state index contributed by atoms with van der Waals surface area (Å²) in [5.41, 5.74) is 2.62. The number of benzene rings is 2. The Bertz CT molecular complexity index is 659. The SMILES string of the molecule is CN(Cc1ccccc1)C(C#CCC1CCCC1)c1ccccc1. The van der Waals surface area contributed by atoms with Crippen LogP contribution >= 0.6 is 0 Å². The molecule has 124 valence electrons. The van der Waals surface area contributed by atoms with Crippen LogP contribution in [0.4, 0.5) is 0 Å². The molecule has 1 fully saturated rings. The van der Waals surface area contributed by atoms with Crippen LogP contribution in [0.1, 0.15) is 49.3 Å². The van der Waals surface area contributed by atoms with Crippen LogP contribution in [-0.2, 0) is 6.54 Å². The Kier molecular flexibility index (Phi) is 6.10. The first-order valence-corrected chi connectivity index (χ1v) is 9.10. The maximum Gasteiger partial charge on any atom is 0.0971 e. The van der Waals surface area contributed by atoms with Gasteiger partial charge < -0.3 is 0 Å². The molecule has 1 aliphatic rings. The Morgan fingerprint density at radius 3 is 2.25 bits per heavy atom. The number of rotatable bonds is 5. The molecule has 0 saturated heterocycles. The number of nitrogens with zero attached hydrogens (tertiary/aromatic N) is 1. The van der Waals surface area contributed by atoms with Crippen LogP contribution in [0.25, 0.3) is 0 Å². The monoisotopic (exact) mass is 317 g/mol. The summed E-state index contributed by atoms with van der Waals surface area (Å²) in [4.78, 5) is 2.35. The highest BCUT2D eigenvalue weighted by atomic mass is 15.1. The summed E-state index contributed by atoms with van der Waals surface area (Å²) in [6, 6.07) is 21.5. The van der Waals surface area contributed by atoms with Gasteiger partial charge in [-0.05, 0) is 36.9 Å². The lowest BCUT2D eigenvalue weighted by Crippen LogP contribution is -2.23. The molecule has 1 unspecified atom stereocenters. The van der Waals surface area contributed by atoms with Crippen molar-refractivity contribution in [1.29, 1.82) is 0 Å². The van der Waals surface area contributed by atoms with Gasteiger partial charge in [0, 0.05) is 13.0 Å². The molecule has 2 aromatic rings.